The number of halogens is 1. The Morgan fingerprint density at radius 3 is 2.71 bits per heavy atom. The largest absolute Gasteiger partial charge is 0.490 e. The third-order valence-corrected chi connectivity index (χ3v) is 3.09. The van der Waals surface area contributed by atoms with Gasteiger partial charge in [0.05, 0.1) is 6.10 Å². The van der Waals surface area contributed by atoms with E-state index < -0.39 is 0 Å². The molecule has 94 valence electrons. The van der Waals surface area contributed by atoms with E-state index in [1.165, 1.54) is 25.0 Å². The van der Waals surface area contributed by atoms with Crippen molar-refractivity contribution in [3.8, 4) is 5.75 Å². The molecule has 0 saturated heterocycles. The molecule has 1 atom stereocenters. The molecule has 2 nitrogen and oxygen atoms in total. The van der Waals surface area contributed by atoms with Gasteiger partial charge in [0.1, 0.15) is 11.6 Å². The molecule has 3 heteroatoms. The second-order valence-electron chi connectivity index (χ2n) is 5.00. The summed E-state index contributed by atoms with van der Waals surface area (Å²) in [4.78, 5) is 0. The van der Waals surface area contributed by atoms with Crippen molar-refractivity contribution in [2.24, 2.45) is 5.73 Å². The van der Waals surface area contributed by atoms with Crippen LogP contribution in [-0.4, -0.2) is 12.1 Å². The van der Waals surface area contributed by atoms with Gasteiger partial charge in [-0.05, 0) is 56.7 Å². The lowest BCUT2D eigenvalue weighted by Gasteiger charge is -2.14. The third-order valence-electron chi connectivity index (χ3n) is 3.09. The summed E-state index contributed by atoms with van der Waals surface area (Å²) in [5.74, 6) is 0.406. The summed E-state index contributed by atoms with van der Waals surface area (Å²) < 4.78 is 19.2. The normalized spacial score (nSPS) is 18.3. The fourth-order valence-corrected chi connectivity index (χ4v) is 2.38. The summed E-state index contributed by atoms with van der Waals surface area (Å²) in [5.41, 5.74) is 6.64. The molecule has 0 aromatic heterocycles. The molecule has 1 aliphatic carbocycles. The average molecular weight is 237 g/mol. The van der Waals surface area contributed by atoms with E-state index in [9.17, 15) is 4.39 Å². The number of hydrogen-bond acceptors (Lipinski definition) is 2. The van der Waals surface area contributed by atoms with Crippen molar-refractivity contribution in [1.82, 2.24) is 0 Å². The van der Waals surface area contributed by atoms with Gasteiger partial charge in [0.2, 0.25) is 0 Å². The van der Waals surface area contributed by atoms with Gasteiger partial charge in [0.25, 0.3) is 0 Å². The highest BCUT2D eigenvalue weighted by Crippen LogP contribution is 2.25. The molecule has 0 spiro atoms. The molecule has 0 amide bonds. The lowest BCUT2D eigenvalue weighted by Crippen LogP contribution is -2.18. The standard InChI is InChI=1S/C14H20FNO/c1-10(16)6-11-7-12(15)9-14(8-11)17-13-4-2-3-5-13/h7-10,13H,2-6,16H2,1H3. The van der Waals surface area contributed by atoms with E-state index in [4.69, 9.17) is 10.5 Å². The third kappa shape index (κ3) is 3.70. The monoisotopic (exact) mass is 237 g/mol. The van der Waals surface area contributed by atoms with Crippen LogP contribution in [0.5, 0.6) is 5.75 Å². The van der Waals surface area contributed by atoms with Gasteiger partial charge >= 0.3 is 0 Å². The van der Waals surface area contributed by atoms with E-state index in [1.54, 1.807) is 0 Å². The molecule has 1 unspecified atom stereocenters. The van der Waals surface area contributed by atoms with E-state index in [-0.39, 0.29) is 18.0 Å². The lowest BCUT2D eigenvalue weighted by atomic mass is 10.1. The molecule has 1 fully saturated rings. The highest BCUT2D eigenvalue weighted by Gasteiger charge is 2.17. The molecule has 1 aromatic rings. The maximum absolute atomic E-state index is 13.4. The first kappa shape index (κ1) is 12.4. The molecular formula is C14H20FNO. The topological polar surface area (TPSA) is 35.2 Å². The van der Waals surface area contributed by atoms with Crippen molar-refractivity contribution in [3.05, 3.63) is 29.6 Å². The Morgan fingerprint density at radius 2 is 2.06 bits per heavy atom. The molecule has 2 rings (SSSR count). The van der Waals surface area contributed by atoms with Crippen molar-refractivity contribution in [3.63, 3.8) is 0 Å². The molecular weight excluding hydrogens is 217 g/mol. The van der Waals surface area contributed by atoms with Crippen LogP contribution < -0.4 is 10.5 Å². The zero-order valence-electron chi connectivity index (χ0n) is 10.3. The van der Waals surface area contributed by atoms with Gasteiger partial charge in [-0.2, -0.15) is 0 Å². The SMILES string of the molecule is CC(N)Cc1cc(F)cc(OC2CCCC2)c1. The molecule has 2 N–H and O–H groups in total. The molecule has 0 heterocycles. The maximum Gasteiger partial charge on any atom is 0.127 e. The van der Waals surface area contributed by atoms with E-state index in [2.05, 4.69) is 0 Å². The highest BCUT2D eigenvalue weighted by molar-refractivity contribution is 5.30. The van der Waals surface area contributed by atoms with Crippen molar-refractivity contribution in [2.75, 3.05) is 0 Å². The summed E-state index contributed by atoms with van der Waals surface area (Å²) >= 11 is 0. The minimum Gasteiger partial charge on any atom is -0.490 e. The fourth-order valence-electron chi connectivity index (χ4n) is 2.38. The number of ether oxygens (including phenoxy) is 1. The van der Waals surface area contributed by atoms with Crippen LogP contribution in [0.3, 0.4) is 0 Å². The molecule has 17 heavy (non-hydrogen) atoms. The second-order valence-corrected chi connectivity index (χ2v) is 5.00. The summed E-state index contributed by atoms with van der Waals surface area (Å²) in [5, 5.41) is 0. The number of hydrogen-bond donors (Lipinski definition) is 1. The minimum absolute atomic E-state index is 0.0381. The smallest absolute Gasteiger partial charge is 0.127 e. The van der Waals surface area contributed by atoms with Gasteiger partial charge in [-0.3, -0.25) is 0 Å². The van der Waals surface area contributed by atoms with Gasteiger partial charge < -0.3 is 10.5 Å². The van der Waals surface area contributed by atoms with Gasteiger partial charge in [-0.25, -0.2) is 4.39 Å². The summed E-state index contributed by atoms with van der Waals surface area (Å²) in [6.07, 6.45) is 5.54. The summed E-state index contributed by atoms with van der Waals surface area (Å²) in [7, 11) is 0. The Labute approximate surface area is 102 Å². The van der Waals surface area contributed by atoms with E-state index in [1.807, 2.05) is 13.0 Å². The van der Waals surface area contributed by atoms with E-state index in [0.717, 1.165) is 18.4 Å². The van der Waals surface area contributed by atoms with Crippen LogP contribution in [0.2, 0.25) is 0 Å². The van der Waals surface area contributed by atoms with Crippen molar-refractivity contribution in [2.45, 2.75) is 51.2 Å². The zero-order chi connectivity index (χ0) is 12.3. The van der Waals surface area contributed by atoms with Crippen LogP contribution in [0.25, 0.3) is 0 Å². The molecule has 0 bridgehead atoms. The second kappa shape index (κ2) is 5.50. The maximum atomic E-state index is 13.4. The molecule has 1 aromatic carbocycles. The summed E-state index contributed by atoms with van der Waals surface area (Å²) in [6, 6.07) is 4.94. The van der Waals surface area contributed by atoms with Crippen LogP contribution in [-0.2, 0) is 6.42 Å². The molecule has 0 radical (unpaired) electrons. The van der Waals surface area contributed by atoms with Crippen LogP contribution >= 0.6 is 0 Å². The number of rotatable bonds is 4. The van der Waals surface area contributed by atoms with Crippen LogP contribution in [0.15, 0.2) is 18.2 Å². The predicted octanol–water partition coefficient (Wildman–Crippen LogP) is 3.04. The molecule has 0 aliphatic heterocycles. The van der Waals surface area contributed by atoms with Gasteiger partial charge in [-0.1, -0.05) is 0 Å². The van der Waals surface area contributed by atoms with Gasteiger partial charge in [0.15, 0.2) is 0 Å². The predicted molar refractivity (Wildman–Crippen MR) is 66.6 cm³/mol. The first-order valence-electron chi connectivity index (χ1n) is 6.35. The van der Waals surface area contributed by atoms with Gasteiger partial charge in [0, 0.05) is 12.1 Å². The van der Waals surface area contributed by atoms with E-state index in [0.29, 0.717) is 12.2 Å². The Kier molecular flexibility index (Phi) is 4.00. The van der Waals surface area contributed by atoms with Crippen molar-refractivity contribution < 1.29 is 9.13 Å². The summed E-state index contributed by atoms with van der Waals surface area (Å²) in [6.45, 7) is 1.92. The minimum atomic E-state index is -0.240. The fraction of sp³-hybridized carbons (Fsp3) is 0.571. The number of benzene rings is 1. The zero-order valence-corrected chi connectivity index (χ0v) is 10.3. The molecule has 1 aliphatic rings. The van der Waals surface area contributed by atoms with Crippen LogP contribution in [0.1, 0.15) is 38.2 Å². The molecule has 1 saturated carbocycles. The first-order valence-corrected chi connectivity index (χ1v) is 6.35. The first-order chi connectivity index (χ1) is 8.13. The van der Waals surface area contributed by atoms with E-state index >= 15 is 0 Å². The highest BCUT2D eigenvalue weighted by atomic mass is 19.1. The Hall–Kier alpha value is -1.09. The Morgan fingerprint density at radius 1 is 1.35 bits per heavy atom. The van der Waals surface area contributed by atoms with Crippen LogP contribution in [0, 0.1) is 5.82 Å². The van der Waals surface area contributed by atoms with Crippen molar-refractivity contribution in [1.29, 1.82) is 0 Å². The van der Waals surface area contributed by atoms with Crippen molar-refractivity contribution >= 4 is 0 Å². The lowest BCUT2D eigenvalue weighted by molar-refractivity contribution is 0.209. The Bertz CT molecular complexity index is 372. The quantitative estimate of drug-likeness (QED) is 0.873. The number of nitrogens with two attached hydrogens (primary N) is 1. The van der Waals surface area contributed by atoms with Gasteiger partial charge in [-0.15, -0.1) is 0 Å². The Balaban J connectivity index is 2.07. The van der Waals surface area contributed by atoms with Crippen LogP contribution in [0.4, 0.5) is 4.39 Å². The average Bonchev–Trinajstić information content (AvgIpc) is 2.67.